The maximum Gasteiger partial charge on any atom is 0.433 e. The molecule has 0 aliphatic heterocycles. The smallest absolute Gasteiger partial charge is 0.433 e. The van der Waals surface area contributed by atoms with Crippen molar-refractivity contribution in [3.05, 3.63) is 71.4 Å². The number of anilines is 1. The number of hydrogen-bond donors (Lipinski definition) is 1. The summed E-state index contributed by atoms with van der Waals surface area (Å²) in [6, 6.07) is 12.9. The molecule has 0 aliphatic rings. The van der Waals surface area contributed by atoms with Crippen molar-refractivity contribution >= 4 is 35.3 Å². The number of nitrogens with zero attached hydrogens (tertiary/aromatic N) is 2. The maximum atomic E-state index is 13.5. The first kappa shape index (κ1) is 26.7. The van der Waals surface area contributed by atoms with Crippen LogP contribution in [0.3, 0.4) is 0 Å². The molecule has 0 bridgehead atoms. The zero-order valence-electron chi connectivity index (χ0n) is 19.3. The molecule has 12 heteroatoms. The number of aromatic nitrogens is 2. The number of carbonyl (C=O) groups is 3. The average Bonchev–Trinajstić information content (AvgIpc) is 2.87. The van der Waals surface area contributed by atoms with Crippen LogP contribution in [0, 0.1) is 0 Å². The molecule has 0 saturated carbocycles. The number of halogens is 3. The van der Waals surface area contributed by atoms with Crippen LogP contribution in [0.4, 0.5) is 18.9 Å². The summed E-state index contributed by atoms with van der Waals surface area (Å²) in [5.41, 5.74) is -0.646. The van der Waals surface area contributed by atoms with Crippen molar-refractivity contribution < 1.29 is 37.0 Å². The van der Waals surface area contributed by atoms with Crippen molar-refractivity contribution in [3.63, 3.8) is 0 Å². The van der Waals surface area contributed by atoms with Gasteiger partial charge < -0.3 is 14.8 Å². The van der Waals surface area contributed by atoms with Crippen molar-refractivity contribution in [1.29, 1.82) is 0 Å². The molecule has 188 valence electrons. The third kappa shape index (κ3) is 6.39. The van der Waals surface area contributed by atoms with E-state index in [1.54, 1.807) is 30.3 Å². The van der Waals surface area contributed by atoms with Gasteiger partial charge in [-0.3, -0.25) is 4.79 Å². The summed E-state index contributed by atoms with van der Waals surface area (Å²) >= 11 is 0.703. The Morgan fingerprint density at radius 2 is 1.61 bits per heavy atom. The van der Waals surface area contributed by atoms with Crippen LogP contribution < -0.4 is 5.32 Å². The summed E-state index contributed by atoms with van der Waals surface area (Å²) in [7, 11) is 2.32. The second-order valence-electron chi connectivity index (χ2n) is 7.28. The Labute approximate surface area is 208 Å². The second kappa shape index (κ2) is 11.2. The molecular formula is C24H20F3N3O5S. The predicted octanol–water partition coefficient (Wildman–Crippen LogP) is 4.85. The van der Waals surface area contributed by atoms with Gasteiger partial charge in [0.25, 0.3) is 0 Å². The Morgan fingerprint density at radius 3 is 2.22 bits per heavy atom. The SMILES string of the molecule is COC(=O)c1ccc(C(=O)OC)c(NC(=O)C(C)Sc2nc(-c3ccccc3)cc(C(F)(F)F)n2)c1. The number of nitrogens with one attached hydrogen (secondary N) is 1. The zero-order valence-corrected chi connectivity index (χ0v) is 20.1. The molecule has 1 heterocycles. The van der Waals surface area contributed by atoms with Crippen LogP contribution in [0.25, 0.3) is 11.3 Å². The van der Waals surface area contributed by atoms with Crippen LogP contribution in [0.2, 0.25) is 0 Å². The first-order chi connectivity index (χ1) is 17.0. The van der Waals surface area contributed by atoms with E-state index in [0.717, 1.165) is 13.2 Å². The van der Waals surface area contributed by atoms with Crippen LogP contribution in [0.1, 0.15) is 33.3 Å². The highest BCUT2D eigenvalue weighted by molar-refractivity contribution is 8.00. The van der Waals surface area contributed by atoms with E-state index in [-0.39, 0.29) is 27.7 Å². The van der Waals surface area contributed by atoms with Gasteiger partial charge in [0, 0.05) is 5.56 Å². The average molecular weight is 520 g/mol. The lowest BCUT2D eigenvalue weighted by molar-refractivity contribution is -0.141. The van der Waals surface area contributed by atoms with Gasteiger partial charge in [0.05, 0.1) is 42.0 Å². The Kier molecular flexibility index (Phi) is 8.30. The molecule has 1 N–H and O–H groups in total. The van der Waals surface area contributed by atoms with Gasteiger partial charge in [0.2, 0.25) is 5.91 Å². The minimum Gasteiger partial charge on any atom is -0.465 e. The lowest BCUT2D eigenvalue weighted by atomic mass is 10.1. The summed E-state index contributed by atoms with van der Waals surface area (Å²) in [6.45, 7) is 1.44. The minimum atomic E-state index is -4.73. The van der Waals surface area contributed by atoms with Gasteiger partial charge in [-0.1, -0.05) is 42.1 Å². The van der Waals surface area contributed by atoms with E-state index in [4.69, 9.17) is 4.74 Å². The number of benzene rings is 2. The molecule has 0 fully saturated rings. The molecule has 0 saturated heterocycles. The van der Waals surface area contributed by atoms with Gasteiger partial charge in [-0.25, -0.2) is 19.6 Å². The number of rotatable bonds is 7. The van der Waals surface area contributed by atoms with Crippen molar-refractivity contribution in [2.24, 2.45) is 0 Å². The largest absolute Gasteiger partial charge is 0.465 e. The number of esters is 2. The van der Waals surface area contributed by atoms with E-state index < -0.39 is 35.0 Å². The van der Waals surface area contributed by atoms with Crippen LogP contribution in [0.15, 0.2) is 59.8 Å². The normalized spacial score (nSPS) is 11.9. The molecule has 1 amide bonds. The van der Waals surface area contributed by atoms with E-state index in [0.29, 0.717) is 17.3 Å². The van der Waals surface area contributed by atoms with Gasteiger partial charge in [0.1, 0.15) is 5.69 Å². The molecule has 3 rings (SSSR count). The van der Waals surface area contributed by atoms with Gasteiger partial charge in [0.15, 0.2) is 5.16 Å². The zero-order chi connectivity index (χ0) is 26.5. The van der Waals surface area contributed by atoms with E-state index in [9.17, 15) is 27.6 Å². The fraction of sp³-hybridized carbons (Fsp3) is 0.208. The van der Waals surface area contributed by atoms with Crippen molar-refractivity contribution in [2.75, 3.05) is 19.5 Å². The van der Waals surface area contributed by atoms with E-state index >= 15 is 0 Å². The molecule has 0 spiro atoms. The number of alkyl halides is 3. The monoisotopic (exact) mass is 519 g/mol. The summed E-state index contributed by atoms with van der Waals surface area (Å²) in [5, 5.41) is 1.27. The first-order valence-corrected chi connectivity index (χ1v) is 11.2. The molecule has 36 heavy (non-hydrogen) atoms. The summed E-state index contributed by atoms with van der Waals surface area (Å²) in [5.74, 6) is -2.14. The third-order valence-electron chi connectivity index (χ3n) is 4.82. The van der Waals surface area contributed by atoms with Crippen molar-refractivity contribution in [2.45, 2.75) is 23.5 Å². The number of hydrogen-bond acceptors (Lipinski definition) is 8. The first-order valence-electron chi connectivity index (χ1n) is 10.3. The summed E-state index contributed by atoms with van der Waals surface area (Å²) < 4.78 is 49.8. The standard InChI is InChI=1S/C24H20F3N3O5S/c1-13(20(31)28-18-11-15(21(32)34-2)9-10-16(18)22(33)35-3)36-23-29-17(14-7-5-4-6-8-14)12-19(30-23)24(25,26)27/h4-13H,1-3H3,(H,28,31). The predicted molar refractivity (Wildman–Crippen MR) is 126 cm³/mol. The maximum absolute atomic E-state index is 13.5. The van der Waals surface area contributed by atoms with Gasteiger partial charge in [-0.05, 0) is 31.2 Å². The van der Waals surface area contributed by atoms with Crippen molar-refractivity contribution in [1.82, 2.24) is 9.97 Å². The minimum absolute atomic E-state index is 0.0302. The lowest BCUT2D eigenvalue weighted by Gasteiger charge is -2.15. The van der Waals surface area contributed by atoms with E-state index in [1.807, 2.05) is 0 Å². The number of ether oxygens (including phenoxy) is 2. The molecule has 3 aromatic rings. The van der Waals surface area contributed by atoms with E-state index in [1.165, 1.54) is 32.2 Å². The molecule has 0 radical (unpaired) electrons. The van der Waals surface area contributed by atoms with Crippen molar-refractivity contribution in [3.8, 4) is 11.3 Å². The number of amides is 1. The van der Waals surface area contributed by atoms with Gasteiger partial charge in [-0.2, -0.15) is 13.2 Å². The fourth-order valence-electron chi connectivity index (χ4n) is 3.01. The molecule has 0 aliphatic carbocycles. The van der Waals surface area contributed by atoms with Crippen LogP contribution in [-0.2, 0) is 20.4 Å². The third-order valence-corrected chi connectivity index (χ3v) is 5.78. The van der Waals surface area contributed by atoms with E-state index in [2.05, 4.69) is 20.0 Å². The highest BCUT2D eigenvalue weighted by Gasteiger charge is 2.34. The number of thioether (sulfide) groups is 1. The Morgan fingerprint density at radius 1 is 0.944 bits per heavy atom. The van der Waals surface area contributed by atoms with Crippen LogP contribution in [0.5, 0.6) is 0 Å². The molecular weight excluding hydrogens is 499 g/mol. The summed E-state index contributed by atoms with van der Waals surface area (Å²) in [4.78, 5) is 44.6. The molecule has 2 aromatic carbocycles. The topological polar surface area (TPSA) is 107 Å². The molecule has 8 nitrogen and oxygen atoms in total. The quantitative estimate of drug-likeness (QED) is 0.268. The highest BCUT2D eigenvalue weighted by atomic mass is 32.2. The number of carbonyl (C=O) groups excluding carboxylic acids is 3. The molecule has 1 unspecified atom stereocenters. The van der Waals surface area contributed by atoms with Gasteiger partial charge >= 0.3 is 18.1 Å². The lowest BCUT2D eigenvalue weighted by Crippen LogP contribution is -2.24. The Balaban J connectivity index is 1.89. The highest BCUT2D eigenvalue weighted by Crippen LogP contribution is 2.33. The number of methoxy groups -OCH3 is 2. The Bertz CT molecular complexity index is 1290. The van der Waals surface area contributed by atoms with Gasteiger partial charge in [-0.15, -0.1) is 0 Å². The second-order valence-corrected chi connectivity index (χ2v) is 8.59. The summed E-state index contributed by atoms with van der Waals surface area (Å²) in [6.07, 6.45) is -4.73. The molecule has 1 atom stereocenters. The molecule has 1 aromatic heterocycles. The fourth-order valence-corrected chi connectivity index (χ4v) is 3.79. The Hall–Kier alpha value is -3.93. The van der Waals surface area contributed by atoms with Crippen LogP contribution in [-0.4, -0.2) is 47.3 Å². The van der Waals surface area contributed by atoms with Crippen LogP contribution >= 0.6 is 11.8 Å².